The number of hydrogen-bond acceptors (Lipinski definition) is 2. The molecule has 0 aromatic carbocycles. The maximum atomic E-state index is 12.1. The SMILES string of the molecule is CC[C@@H](C)NC(=O)C1C[C@H]2CCC[C@@H](C1)C2=O. The molecule has 2 aliphatic carbocycles. The summed E-state index contributed by atoms with van der Waals surface area (Å²) in [7, 11) is 0. The van der Waals surface area contributed by atoms with E-state index in [4.69, 9.17) is 0 Å². The van der Waals surface area contributed by atoms with Crippen LogP contribution in [0.3, 0.4) is 0 Å². The fraction of sp³-hybridized carbons (Fsp3) is 0.857. The molecule has 1 unspecified atom stereocenters. The van der Waals surface area contributed by atoms with Gasteiger partial charge in [0, 0.05) is 23.8 Å². The highest BCUT2D eigenvalue weighted by molar-refractivity contribution is 5.88. The predicted molar refractivity (Wildman–Crippen MR) is 66.5 cm³/mol. The summed E-state index contributed by atoms with van der Waals surface area (Å²) >= 11 is 0. The van der Waals surface area contributed by atoms with Crippen LogP contribution in [-0.4, -0.2) is 17.7 Å². The molecule has 0 aromatic rings. The largest absolute Gasteiger partial charge is 0.353 e. The Bertz CT molecular complexity index is 297. The molecule has 0 aliphatic heterocycles. The fourth-order valence-electron chi connectivity index (χ4n) is 3.16. The Kier molecular flexibility index (Phi) is 3.85. The van der Waals surface area contributed by atoms with Crippen molar-refractivity contribution in [2.24, 2.45) is 17.8 Å². The second-order valence-corrected chi connectivity index (χ2v) is 5.71. The Morgan fingerprint density at radius 2 is 1.94 bits per heavy atom. The molecule has 1 amide bonds. The standard InChI is InChI=1S/C14H23NO2/c1-3-9(2)15-14(17)12-7-10-5-4-6-11(8-12)13(10)16/h9-12H,3-8H2,1-2H3,(H,15,17)/t9-,10-,11+,12?/m1/s1. The van der Waals surface area contributed by atoms with Gasteiger partial charge in [-0.05, 0) is 39.0 Å². The lowest BCUT2D eigenvalue weighted by Crippen LogP contribution is -2.44. The number of Topliss-reactive ketones (excluding diaryl/α,β-unsaturated/α-hetero) is 1. The number of carbonyl (C=O) groups is 2. The van der Waals surface area contributed by atoms with Crippen molar-refractivity contribution in [3.05, 3.63) is 0 Å². The van der Waals surface area contributed by atoms with Crippen LogP contribution in [0.1, 0.15) is 52.4 Å². The van der Waals surface area contributed by atoms with E-state index in [1.54, 1.807) is 0 Å². The number of hydrogen-bond donors (Lipinski definition) is 1. The van der Waals surface area contributed by atoms with E-state index in [-0.39, 0.29) is 29.7 Å². The van der Waals surface area contributed by atoms with E-state index in [2.05, 4.69) is 12.2 Å². The van der Waals surface area contributed by atoms with E-state index < -0.39 is 0 Å². The fourth-order valence-corrected chi connectivity index (χ4v) is 3.16. The molecule has 3 heteroatoms. The zero-order valence-corrected chi connectivity index (χ0v) is 10.9. The maximum absolute atomic E-state index is 12.1. The lowest BCUT2D eigenvalue weighted by molar-refractivity contribution is -0.137. The van der Waals surface area contributed by atoms with Crippen LogP contribution in [-0.2, 0) is 9.59 Å². The third-order valence-corrected chi connectivity index (χ3v) is 4.42. The predicted octanol–water partition coefficient (Wildman–Crippen LogP) is 2.30. The molecule has 17 heavy (non-hydrogen) atoms. The van der Waals surface area contributed by atoms with E-state index in [0.717, 1.165) is 32.1 Å². The van der Waals surface area contributed by atoms with Gasteiger partial charge in [-0.25, -0.2) is 0 Å². The third kappa shape index (κ3) is 2.70. The molecule has 0 heterocycles. The van der Waals surface area contributed by atoms with Crippen molar-refractivity contribution < 1.29 is 9.59 Å². The minimum atomic E-state index is 0.0806. The van der Waals surface area contributed by atoms with Crippen LogP contribution < -0.4 is 5.32 Å². The van der Waals surface area contributed by atoms with E-state index >= 15 is 0 Å². The molecule has 0 saturated heterocycles. The first-order chi connectivity index (χ1) is 8.11. The quantitative estimate of drug-likeness (QED) is 0.818. The van der Waals surface area contributed by atoms with E-state index in [1.807, 2.05) is 6.92 Å². The van der Waals surface area contributed by atoms with Gasteiger partial charge in [-0.3, -0.25) is 9.59 Å². The number of rotatable bonds is 3. The van der Waals surface area contributed by atoms with Crippen molar-refractivity contribution in [3.8, 4) is 0 Å². The van der Waals surface area contributed by atoms with Crippen molar-refractivity contribution in [2.75, 3.05) is 0 Å². The highest BCUT2D eigenvalue weighted by Crippen LogP contribution is 2.40. The van der Waals surface area contributed by atoms with Crippen LogP contribution in [0.2, 0.25) is 0 Å². The van der Waals surface area contributed by atoms with Crippen LogP contribution >= 0.6 is 0 Å². The van der Waals surface area contributed by atoms with Gasteiger partial charge in [-0.1, -0.05) is 13.3 Å². The number of nitrogens with one attached hydrogen (secondary N) is 1. The number of ketones is 1. The topological polar surface area (TPSA) is 46.2 Å². The van der Waals surface area contributed by atoms with Gasteiger partial charge in [0.1, 0.15) is 5.78 Å². The van der Waals surface area contributed by atoms with Gasteiger partial charge in [-0.2, -0.15) is 0 Å². The number of carbonyl (C=O) groups excluding carboxylic acids is 2. The molecule has 2 aliphatic rings. The average molecular weight is 237 g/mol. The van der Waals surface area contributed by atoms with E-state index in [0.29, 0.717) is 5.78 Å². The van der Waals surface area contributed by atoms with Gasteiger partial charge >= 0.3 is 0 Å². The molecule has 96 valence electrons. The van der Waals surface area contributed by atoms with Gasteiger partial charge in [0.15, 0.2) is 0 Å². The maximum Gasteiger partial charge on any atom is 0.223 e. The Balaban J connectivity index is 1.95. The van der Waals surface area contributed by atoms with Crippen molar-refractivity contribution in [2.45, 2.75) is 58.4 Å². The molecule has 3 nitrogen and oxygen atoms in total. The van der Waals surface area contributed by atoms with E-state index in [9.17, 15) is 9.59 Å². The number of amides is 1. The monoisotopic (exact) mass is 237 g/mol. The molecule has 0 spiro atoms. The summed E-state index contributed by atoms with van der Waals surface area (Å²) in [6.45, 7) is 4.11. The van der Waals surface area contributed by atoms with Gasteiger partial charge < -0.3 is 5.32 Å². The van der Waals surface area contributed by atoms with Crippen LogP contribution in [0.15, 0.2) is 0 Å². The highest BCUT2D eigenvalue weighted by atomic mass is 16.2. The minimum Gasteiger partial charge on any atom is -0.353 e. The Morgan fingerprint density at radius 3 is 2.47 bits per heavy atom. The lowest BCUT2D eigenvalue weighted by atomic mass is 9.67. The second-order valence-electron chi connectivity index (χ2n) is 5.71. The molecule has 2 fully saturated rings. The molecule has 2 rings (SSSR count). The summed E-state index contributed by atoms with van der Waals surface area (Å²) in [5.74, 6) is 1.04. The zero-order valence-electron chi connectivity index (χ0n) is 10.9. The zero-order chi connectivity index (χ0) is 12.4. The van der Waals surface area contributed by atoms with Gasteiger partial charge in [0.2, 0.25) is 5.91 Å². The van der Waals surface area contributed by atoms with Crippen LogP contribution in [0.4, 0.5) is 0 Å². The second kappa shape index (κ2) is 5.19. The van der Waals surface area contributed by atoms with Crippen LogP contribution in [0, 0.1) is 17.8 Å². The summed E-state index contributed by atoms with van der Waals surface area (Å²) in [6.07, 6.45) is 5.71. The molecule has 2 saturated carbocycles. The van der Waals surface area contributed by atoms with E-state index in [1.165, 1.54) is 6.42 Å². The normalized spacial score (nSPS) is 34.2. The smallest absolute Gasteiger partial charge is 0.223 e. The summed E-state index contributed by atoms with van der Waals surface area (Å²) in [5.41, 5.74) is 0. The highest BCUT2D eigenvalue weighted by Gasteiger charge is 2.41. The Morgan fingerprint density at radius 1 is 1.35 bits per heavy atom. The number of fused-ring (bicyclic) bond motifs is 2. The summed E-state index contributed by atoms with van der Waals surface area (Å²) in [6, 6.07) is 0.250. The molecule has 2 bridgehead atoms. The summed E-state index contributed by atoms with van der Waals surface area (Å²) in [4.78, 5) is 24.0. The van der Waals surface area contributed by atoms with Crippen LogP contribution in [0.5, 0.6) is 0 Å². The van der Waals surface area contributed by atoms with Crippen molar-refractivity contribution in [1.29, 1.82) is 0 Å². The van der Waals surface area contributed by atoms with Gasteiger partial charge in [0.25, 0.3) is 0 Å². The summed E-state index contributed by atoms with van der Waals surface area (Å²) in [5, 5.41) is 3.05. The third-order valence-electron chi connectivity index (χ3n) is 4.42. The Labute approximate surface area is 103 Å². The first-order valence-electron chi connectivity index (χ1n) is 6.96. The van der Waals surface area contributed by atoms with Gasteiger partial charge in [-0.15, -0.1) is 0 Å². The minimum absolute atomic E-state index is 0.0806. The van der Waals surface area contributed by atoms with Crippen molar-refractivity contribution in [1.82, 2.24) is 5.32 Å². The average Bonchev–Trinajstić information content (AvgIpc) is 2.28. The van der Waals surface area contributed by atoms with Crippen LogP contribution in [0.25, 0.3) is 0 Å². The molecule has 0 radical (unpaired) electrons. The first kappa shape index (κ1) is 12.6. The molecular formula is C14H23NO2. The van der Waals surface area contributed by atoms with Crippen molar-refractivity contribution in [3.63, 3.8) is 0 Å². The molecule has 1 N–H and O–H groups in total. The molecule has 0 aromatic heterocycles. The summed E-state index contributed by atoms with van der Waals surface area (Å²) < 4.78 is 0. The molecule has 4 atom stereocenters. The Hall–Kier alpha value is -0.860. The van der Waals surface area contributed by atoms with Gasteiger partial charge in [0.05, 0.1) is 0 Å². The van der Waals surface area contributed by atoms with Crippen molar-refractivity contribution >= 4 is 11.7 Å². The molecular weight excluding hydrogens is 214 g/mol. The lowest BCUT2D eigenvalue weighted by Gasteiger charge is -2.37. The first-order valence-corrected chi connectivity index (χ1v) is 6.96.